The Morgan fingerprint density at radius 2 is 1.92 bits per heavy atom. The molecule has 2 aromatic heterocycles. The van der Waals surface area contributed by atoms with Gasteiger partial charge < -0.3 is 4.90 Å². The van der Waals surface area contributed by atoms with E-state index in [0.29, 0.717) is 44.1 Å². The van der Waals surface area contributed by atoms with Crippen molar-refractivity contribution < 1.29 is 4.79 Å². The van der Waals surface area contributed by atoms with E-state index in [1.165, 1.54) is 23.3 Å². The van der Waals surface area contributed by atoms with E-state index in [4.69, 9.17) is 0 Å². The van der Waals surface area contributed by atoms with E-state index in [1.54, 1.807) is 9.47 Å². The summed E-state index contributed by atoms with van der Waals surface area (Å²) >= 11 is 0. The molecule has 1 aromatic carbocycles. The minimum absolute atomic E-state index is 0.141. The van der Waals surface area contributed by atoms with Crippen LogP contribution in [-0.2, 0) is 19.5 Å². The molecule has 3 aromatic rings. The van der Waals surface area contributed by atoms with Crippen molar-refractivity contribution >= 4 is 5.91 Å². The van der Waals surface area contributed by atoms with E-state index in [1.807, 2.05) is 30.3 Å². The van der Waals surface area contributed by atoms with Crippen LogP contribution in [0.1, 0.15) is 21.9 Å². The van der Waals surface area contributed by atoms with Gasteiger partial charge in [-0.1, -0.05) is 30.3 Å². The van der Waals surface area contributed by atoms with Crippen molar-refractivity contribution in [3.63, 3.8) is 0 Å². The predicted octanol–water partition coefficient (Wildman–Crippen LogP) is 0.582. The second-order valence-corrected chi connectivity index (χ2v) is 6.13. The number of nitrogens with zero attached hydrogens (tertiary/aromatic N) is 6. The van der Waals surface area contributed by atoms with Crippen LogP contribution in [0.5, 0.6) is 0 Å². The third-order valence-electron chi connectivity index (χ3n) is 4.44. The number of carbonyl (C=O) groups is 1. The van der Waals surface area contributed by atoms with Crippen LogP contribution < -0.4 is 5.69 Å². The number of hydrogen-bond acceptors (Lipinski definition) is 5. The Labute approximate surface area is 149 Å². The molecule has 1 aliphatic heterocycles. The molecule has 0 spiro atoms. The number of fused-ring (bicyclic) bond motifs is 1. The third kappa shape index (κ3) is 3.13. The van der Waals surface area contributed by atoms with Gasteiger partial charge in [-0.2, -0.15) is 5.10 Å². The zero-order chi connectivity index (χ0) is 17.9. The molecule has 26 heavy (non-hydrogen) atoms. The Kier molecular flexibility index (Phi) is 4.30. The summed E-state index contributed by atoms with van der Waals surface area (Å²) in [6.07, 6.45) is 5.02. The second-order valence-electron chi connectivity index (χ2n) is 6.13. The summed E-state index contributed by atoms with van der Waals surface area (Å²) < 4.78 is 3.15. The lowest BCUT2D eigenvalue weighted by atomic mass is 10.2. The second kappa shape index (κ2) is 6.91. The molecule has 1 amide bonds. The fraction of sp³-hybridized carbons (Fsp3) is 0.278. The molecule has 1 aliphatic rings. The van der Waals surface area contributed by atoms with Gasteiger partial charge in [-0.05, 0) is 5.56 Å². The molecule has 8 nitrogen and oxygen atoms in total. The number of amides is 1. The molecule has 0 atom stereocenters. The molecule has 0 aliphatic carbocycles. The first-order valence-corrected chi connectivity index (χ1v) is 8.48. The highest BCUT2D eigenvalue weighted by atomic mass is 16.2. The van der Waals surface area contributed by atoms with Crippen molar-refractivity contribution in [3.8, 4) is 0 Å². The van der Waals surface area contributed by atoms with Gasteiger partial charge >= 0.3 is 5.69 Å². The first-order valence-electron chi connectivity index (χ1n) is 8.48. The first-order chi connectivity index (χ1) is 12.7. The van der Waals surface area contributed by atoms with E-state index >= 15 is 0 Å². The van der Waals surface area contributed by atoms with Gasteiger partial charge in [-0.15, -0.1) is 0 Å². The SMILES string of the molecule is O=C(c1cnccn1)N1CCc2nn(Cc3ccccc3)c(=O)n2CC1. The average Bonchev–Trinajstić information content (AvgIpc) is 2.85. The van der Waals surface area contributed by atoms with Gasteiger partial charge in [0.15, 0.2) is 0 Å². The lowest BCUT2D eigenvalue weighted by molar-refractivity contribution is 0.0752. The summed E-state index contributed by atoms with van der Waals surface area (Å²) in [4.78, 5) is 34.9. The Balaban J connectivity index is 1.51. The lowest BCUT2D eigenvalue weighted by Crippen LogP contribution is -2.35. The van der Waals surface area contributed by atoms with Gasteiger partial charge in [0.2, 0.25) is 0 Å². The highest BCUT2D eigenvalue weighted by molar-refractivity contribution is 5.91. The van der Waals surface area contributed by atoms with Crippen LogP contribution in [0.15, 0.2) is 53.7 Å². The lowest BCUT2D eigenvalue weighted by Gasteiger charge is -2.19. The molecule has 0 fully saturated rings. The molecule has 0 radical (unpaired) electrons. The van der Waals surface area contributed by atoms with E-state index in [-0.39, 0.29) is 11.6 Å². The van der Waals surface area contributed by atoms with Gasteiger partial charge in [-0.25, -0.2) is 14.5 Å². The molecule has 0 saturated heterocycles. The highest BCUT2D eigenvalue weighted by Crippen LogP contribution is 2.09. The van der Waals surface area contributed by atoms with E-state index in [2.05, 4.69) is 15.1 Å². The fourth-order valence-corrected chi connectivity index (χ4v) is 3.10. The average molecular weight is 350 g/mol. The molecule has 0 unspecified atom stereocenters. The van der Waals surface area contributed by atoms with Gasteiger partial charge in [0.25, 0.3) is 5.91 Å². The van der Waals surface area contributed by atoms with Gasteiger partial charge in [-0.3, -0.25) is 14.3 Å². The number of carbonyl (C=O) groups excluding carboxylic acids is 1. The minimum atomic E-state index is -0.173. The molecule has 0 N–H and O–H groups in total. The van der Waals surface area contributed by atoms with Crippen LogP contribution in [-0.4, -0.2) is 48.2 Å². The smallest absolute Gasteiger partial charge is 0.335 e. The van der Waals surface area contributed by atoms with Crippen molar-refractivity contribution in [1.29, 1.82) is 0 Å². The minimum Gasteiger partial charge on any atom is -0.335 e. The fourth-order valence-electron chi connectivity index (χ4n) is 3.10. The van der Waals surface area contributed by atoms with Crippen LogP contribution in [0.4, 0.5) is 0 Å². The molecular weight excluding hydrogens is 332 g/mol. The van der Waals surface area contributed by atoms with E-state index in [9.17, 15) is 9.59 Å². The van der Waals surface area contributed by atoms with Crippen LogP contribution >= 0.6 is 0 Å². The van der Waals surface area contributed by atoms with Gasteiger partial charge in [0.05, 0.1) is 12.7 Å². The van der Waals surface area contributed by atoms with Crippen LogP contribution in [0.3, 0.4) is 0 Å². The molecule has 0 saturated carbocycles. The normalized spacial score (nSPS) is 13.9. The molecule has 0 bridgehead atoms. The van der Waals surface area contributed by atoms with E-state index in [0.717, 1.165) is 5.56 Å². The molecule has 132 valence electrons. The molecule has 4 rings (SSSR count). The summed E-state index contributed by atoms with van der Waals surface area (Å²) in [7, 11) is 0. The summed E-state index contributed by atoms with van der Waals surface area (Å²) in [6.45, 7) is 1.81. The Bertz CT molecular complexity index is 964. The van der Waals surface area contributed by atoms with E-state index < -0.39 is 0 Å². The largest absolute Gasteiger partial charge is 0.346 e. The summed E-state index contributed by atoms with van der Waals surface area (Å²) in [5.74, 6) is 0.536. The first kappa shape index (κ1) is 16.2. The van der Waals surface area contributed by atoms with Crippen molar-refractivity contribution in [2.24, 2.45) is 0 Å². The Morgan fingerprint density at radius 1 is 1.08 bits per heavy atom. The Hall–Kier alpha value is -3.29. The van der Waals surface area contributed by atoms with Crippen molar-refractivity contribution in [2.45, 2.75) is 19.5 Å². The monoisotopic (exact) mass is 350 g/mol. The number of hydrogen-bond donors (Lipinski definition) is 0. The van der Waals surface area contributed by atoms with Gasteiger partial charge in [0, 0.05) is 38.4 Å². The van der Waals surface area contributed by atoms with Gasteiger partial charge in [0.1, 0.15) is 11.5 Å². The van der Waals surface area contributed by atoms with Crippen molar-refractivity contribution in [3.05, 3.63) is 76.5 Å². The van der Waals surface area contributed by atoms with Crippen LogP contribution in [0.25, 0.3) is 0 Å². The maximum absolute atomic E-state index is 12.7. The maximum atomic E-state index is 12.7. The molecular formula is C18H18N6O2. The summed E-state index contributed by atoms with van der Waals surface area (Å²) in [6, 6.07) is 9.77. The number of benzene rings is 1. The maximum Gasteiger partial charge on any atom is 0.346 e. The summed E-state index contributed by atoms with van der Waals surface area (Å²) in [5.41, 5.74) is 1.20. The predicted molar refractivity (Wildman–Crippen MR) is 93.7 cm³/mol. The zero-order valence-corrected chi connectivity index (χ0v) is 14.2. The third-order valence-corrected chi connectivity index (χ3v) is 4.44. The number of aromatic nitrogens is 5. The molecule has 8 heteroatoms. The standard InChI is InChI=1S/C18H18N6O2/c25-17(15-12-19-7-8-20-15)22-9-6-16-21-24(18(26)23(16)11-10-22)13-14-4-2-1-3-5-14/h1-5,7-8,12H,6,9-11,13H2. The Morgan fingerprint density at radius 3 is 2.69 bits per heavy atom. The van der Waals surface area contributed by atoms with Crippen LogP contribution in [0, 0.1) is 0 Å². The quantitative estimate of drug-likeness (QED) is 0.690. The van der Waals surface area contributed by atoms with Crippen molar-refractivity contribution in [1.82, 2.24) is 29.2 Å². The highest BCUT2D eigenvalue weighted by Gasteiger charge is 2.23. The van der Waals surface area contributed by atoms with Crippen LogP contribution in [0.2, 0.25) is 0 Å². The topological polar surface area (TPSA) is 85.9 Å². The number of rotatable bonds is 3. The summed E-state index contributed by atoms with van der Waals surface area (Å²) in [5, 5.41) is 4.47. The molecule has 3 heterocycles. The van der Waals surface area contributed by atoms with Crippen molar-refractivity contribution in [2.75, 3.05) is 13.1 Å². The zero-order valence-electron chi connectivity index (χ0n) is 14.2.